The van der Waals surface area contributed by atoms with Crippen LogP contribution in [0.3, 0.4) is 0 Å². The monoisotopic (exact) mass is 331 g/mol. The van der Waals surface area contributed by atoms with Crippen LogP contribution in [0.4, 0.5) is 0 Å². The van der Waals surface area contributed by atoms with Crippen molar-refractivity contribution in [3.8, 4) is 0 Å². The second-order valence-corrected chi connectivity index (χ2v) is 8.21. The van der Waals surface area contributed by atoms with E-state index in [0.29, 0.717) is 18.0 Å². The van der Waals surface area contributed by atoms with E-state index in [2.05, 4.69) is 10.2 Å². The maximum absolute atomic E-state index is 13.0. The van der Waals surface area contributed by atoms with Crippen LogP contribution in [-0.2, 0) is 15.9 Å². The summed E-state index contributed by atoms with van der Waals surface area (Å²) < 4.78 is 27.7. The van der Waals surface area contributed by atoms with E-state index in [9.17, 15) is 8.42 Å². The highest BCUT2D eigenvalue weighted by molar-refractivity contribution is 7.89. The lowest BCUT2D eigenvalue weighted by Gasteiger charge is -2.42. The summed E-state index contributed by atoms with van der Waals surface area (Å²) in [5.41, 5.74) is 1.34. The summed E-state index contributed by atoms with van der Waals surface area (Å²) in [7, 11) is -3.55. The minimum atomic E-state index is -3.55. The normalized spacial score (nSPS) is 27.5. The van der Waals surface area contributed by atoms with Crippen LogP contribution < -0.4 is 0 Å². The third kappa shape index (κ3) is 2.62. The van der Waals surface area contributed by atoms with Crippen LogP contribution >= 0.6 is 11.6 Å². The number of sulfonamides is 1. The largest absolute Gasteiger partial charge is 0.281 e. The van der Waals surface area contributed by atoms with Gasteiger partial charge in [0.25, 0.3) is 10.0 Å². The number of aromatic nitrogens is 2. The molecule has 0 spiro atoms. The van der Waals surface area contributed by atoms with E-state index in [0.717, 1.165) is 37.8 Å². The van der Waals surface area contributed by atoms with Crippen LogP contribution in [0.25, 0.3) is 0 Å². The zero-order valence-corrected chi connectivity index (χ0v) is 13.9. The molecule has 0 unspecified atom stereocenters. The molecule has 3 rings (SSSR count). The standard InChI is InChI=1S/C14H22ClN3O2S/c1-10-12(9-15)14(17-16-10)21(19,20)18-8-4-6-11-5-2-3-7-13(11)18/h11,13H,2-9H2,1H3,(H,16,17)/t11-,13-/m1/s1. The Morgan fingerprint density at radius 3 is 2.76 bits per heavy atom. The molecule has 1 aliphatic heterocycles. The van der Waals surface area contributed by atoms with Gasteiger partial charge < -0.3 is 0 Å². The molecule has 2 atom stereocenters. The molecule has 1 aliphatic carbocycles. The Morgan fingerprint density at radius 2 is 2.00 bits per heavy atom. The lowest BCUT2D eigenvalue weighted by molar-refractivity contribution is 0.129. The SMILES string of the molecule is Cc1[nH]nc(S(=O)(=O)N2CCC[C@H]3CCCC[C@H]32)c1CCl. The van der Waals surface area contributed by atoms with E-state index in [1.165, 1.54) is 6.42 Å². The summed E-state index contributed by atoms with van der Waals surface area (Å²) in [5, 5.41) is 6.92. The van der Waals surface area contributed by atoms with Crippen molar-refractivity contribution in [3.05, 3.63) is 11.3 Å². The molecule has 118 valence electrons. The Labute approximate surface area is 131 Å². The van der Waals surface area contributed by atoms with Gasteiger partial charge >= 0.3 is 0 Å². The molecule has 0 amide bonds. The fourth-order valence-corrected chi connectivity index (χ4v) is 6.12. The number of halogens is 1. The molecular formula is C14H22ClN3O2S. The first-order valence-corrected chi connectivity index (χ1v) is 9.65. The van der Waals surface area contributed by atoms with Crippen LogP contribution in [0.5, 0.6) is 0 Å². The van der Waals surface area contributed by atoms with Gasteiger partial charge in [-0.1, -0.05) is 12.8 Å². The first kappa shape index (κ1) is 15.3. The van der Waals surface area contributed by atoms with Gasteiger partial charge in [-0.2, -0.15) is 9.40 Å². The fraction of sp³-hybridized carbons (Fsp3) is 0.786. The fourth-order valence-electron chi connectivity index (χ4n) is 3.79. The number of nitrogens with one attached hydrogen (secondary N) is 1. The molecule has 21 heavy (non-hydrogen) atoms. The Balaban J connectivity index is 1.96. The van der Waals surface area contributed by atoms with Crippen molar-refractivity contribution in [3.63, 3.8) is 0 Å². The molecule has 1 saturated heterocycles. The number of piperidine rings is 1. The molecule has 7 heteroatoms. The van der Waals surface area contributed by atoms with Crippen molar-refractivity contribution in [1.29, 1.82) is 0 Å². The van der Waals surface area contributed by atoms with Crippen LogP contribution in [0.15, 0.2) is 5.03 Å². The molecule has 1 N–H and O–H groups in total. The van der Waals surface area contributed by atoms with E-state index in [1.54, 1.807) is 4.31 Å². The summed E-state index contributed by atoms with van der Waals surface area (Å²) in [6.07, 6.45) is 6.57. The maximum atomic E-state index is 13.0. The number of fused-ring (bicyclic) bond motifs is 1. The predicted octanol–water partition coefficient (Wildman–Crippen LogP) is 2.80. The number of hydrogen-bond acceptors (Lipinski definition) is 3. The number of nitrogens with zero attached hydrogens (tertiary/aromatic N) is 2. The highest BCUT2D eigenvalue weighted by Gasteiger charge is 2.41. The first-order chi connectivity index (χ1) is 10.1. The van der Waals surface area contributed by atoms with Crippen molar-refractivity contribution >= 4 is 21.6 Å². The van der Waals surface area contributed by atoms with E-state index in [1.807, 2.05) is 6.92 Å². The Hall–Kier alpha value is -0.590. The number of rotatable bonds is 3. The molecule has 5 nitrogen and oxygen atoms in total. The summed E-state index contributed by atoms with van der Waals surface area (Å²) >= 11 is 5.92. The van der Waals surface area contributed by atoms with Gasteiger partial charge in [-0.25, -0.2) is 8.42 Å². The predicted molar refractivity (Wildman–Crippen MR) is 81.8 cm³/mol. The molecule has 1 aromatic heterocycles. The van der Waals surface area contributed by atoms with Crippen molar-refractivity contribution in [2.75, 3.05) is 6.54 Å². The Morgan fingerprint density at radius 1 is 1.29 bits per heavy atom. The van der Waals surface area contributed by atoms with Crippen molar-refractivity contribution in [1.82, 2.24) is 14.5 Å². The average Bonchev–Trinajstić information content (AvgIpc) is 2.88. The first-order valence-electron chi connectivity index (χ1n) is 7.67. The molecule has 0 radical (unpaired) electrons. The number of H-pyrrole nitrogens is 1. The zero-order valence-electron chi connectivity index (χ0n) is 12.3. The summed E-state index contributed by atoms with van der Waals surface area (Å²) in [4.78, 5) is 0. The minimum absolute atomic E-state index is 0.126. The van der Waals surface area contributed by atoms with Crippen LogP contribution in [0, 0.1) is 12.8 Å². The average molecular weight is 332 g/mol. The summed E-state index contributed by atoms with van der Waals surface area (Å²) in [6.45, 7) is 2.42. The molecule has 2 fully saturated rings. The quantitative estimate of drug-likeness (QED) is 0.866. The van der Waals surface area contributed by atoms with Gasteiger partial charge in [-0.3, -0.25) is 5.10 Å². The Bertz CT molecular complexity index is 612. The third-order valence-corrected chi connectivity index (χ3v) is 7.08. The van der Waals surface area contributed by atoms with Gasteiger partial charge in [0.2, 0.25) is 0 Å². The number of aryl methyl sites for hydroxylation is 1. The van der Waals surface area contributed by atoms with Crippen molar-refractivity contribution in [2.24, 2.45) is 5.92 Å². The van der Waals surface area contributed by atoms with Gasteiger partial charge in [0.05, 0.1) is 5.88 Å². The molecular weight excluding hydrogens is 310 g/mol. The molecule has 0 aromatic carbocycles. The zero-order chi connectivity index (χ0) is 15.0. The second-order valence-electron chi connectivity index (χ2n) is 6.14. The maximum Gasteiger partial charge on any atom is 0.262 e. The van der Waals surface area contributed by atoms with E-state index in [-0.39, 0.29) is 16.9 Å². The number of alkyl halides is 1. The lowest BCUT2D eigenvalue weighted by atomic mass is 9.79. The van der Waals surface area contributed by atoms with E-state index < -0.39 is 10.0 Å². The summed E-state index contributed by atoms with van der Waals surface area (Å²) in [5.74, 6) is 0.681. The highest BCUT2D eigenvalue weighted by Crippen LogP contribution is 2.38. The molecule has 2 aliphatic rings. The highest BCUT2D eigenvalue weighted by atomic mass is 35.5. The van der Waals surface area contributed by atoms with Gasteiger partial charge in [0.1, 0.15) is 0 Å². The lowest BCUT2D eigenvalue weighted by Crippen LogP contribution is -2.49. The molecule has 2 heterocycles. The van der Waals surface area contributed by atoms with E-state index >= 15 is 0 Å². The van der Waals surface area contributed by atoms with Crippen LogP contribution in [0.1, 0.15) is 49.8 Å². The van der Waals surface area contributed by atoms with Crippen LogP contribution in [0.2, 0.25) is 0 Å². The van der Waals surface area contributed by atoms with Gasteiger partial charge in [-0.05, 0) is 38.5 Å². The van der Waals surface area contributed by atoms with Gasteiger partial charge in [-0.15, -0.1) is 11.6 Å². The minimum Gasteiger partial charge on any atom is -0.281 e. The number of aromatic amines is 1. The van der Waals surface area contributed by atoms with Crippen molar-refractivity contribution < 1.29 is 8.42 Å². The van der Waals surface area contributed by atoms with Gasteiger partial charge in [0.15, 0.2) is 5.03 Å². The molecule has 1 saturated carbocycles. The molecule has 1 aromatic rings. The third-order valence-electron chi connectivity index (χ3n) is 4.91. The second kappa shape index (κ2) is 5.89. The van der Waals surface area contributed by atoms with Crippen molar-refractivity contribution in [2.45, 2.75) is 62.4 Å². The molecule has 0 bridgehead atoms. The topological polar surface area (TPSA) is 66.1 Å². The van der Waals surface area contributed by atoms with E-state index in [4.69, 9.17) is 11.6 Å². The van der Waals surface area contributed by atoms with Gasteiger partial charge in [0, 0.05) is 23.8 Å². The number of hydrogen-bond donors (Lipinski definition) is 1. The summed E-state index contributed by atoms with van der Waals surface area (Å²) in [6, 6.07) is 0.151. The van der Waals surface area contributed by atoms with Crippen LogP contribution in [-0.4, -0.2) is 35.5 Å². The smallest absolute Gasteiger partial charge is 0.262 e. The Kier molecular flexibility index (Phi) is 4.30.